The van der Waals surface area contributed by atoms with Gasteiger partial charge in [-0.1, -0.05) is 189 Å². The van der Waals surface area contributed by atoms with Crippen molar-refractivity contribution < 1.29 is 0 Å². The van der Waals surface area contributed by atoms with Crippen molar-refractivity contribution in [3.05, 3.63) is 214 Å². The van der Waals surface area contributed by atoms with Crippen LogP contribution in [0.2, 0.25) is 0 Å². The summed E-state index contributed by atoms with van der Waals surface area (Å²) in [5.41, 5.74) is 29.7. The molecule has 4 aliphatic carbocycles. The van der Waals surface area contributed by atoms with Crippen molar-refractivity contribution >= 4 is 51.1 Å². The van der Waals surface area contributed by atoms with E-state index in [-0.39, 0.29) is 28.5 Å². The molecule has 7 aromatic rings. The van der Waals surface area contributed by atoms with Crippen molar-refractivity contribution in [3.63, 3.8) is 0 Å². The second kappa shape index (κ2) is 16.0. The molecule has 0 fully saturated rings. The van der Waals surface area contributed by atoms with Gasteiger partial charge < -0.3 is 9.71 Å². The molecule has 0 unspecified atom stereocenters. The normalized spacial score (nSPS) is 20.8. The van der Waals surface area contributed by atoms with Gasteiger partial charge in [0.15, 0.2) is 0 Å². The number of fused-ring (bicyclic) bond motifs is 10. The molecular formula is C69H69BN2. The summed E-state index contributed by atoms with van der Waals surface area (Å²) in [6.45, 7) is 28.1. The Hall–Kier alpha value is -6.58. The summed E-state index contributed by atoms with van der Waals surface area (Å²) in [5.74, 6) is 0. The van der Waals surface area contributed by atoms with Crippen LogP contribution in [0.15, 0.2) is 163 Å². The molecule has 0 saturated carbocycles. The van der Waals surface area contributed by atoms with E-state index in [0.29, 0.717) is 0 Å². The maximum absolute atomic E-state index is 4.54. The Labute approximate surface area is 430 Å². The summed E-state index contributed by atoms with van der Waals surface area (Å²) < 4.78 is 0. The van der Waals surface area contributed by atoms with Crippen LogP contribution in [-0.2, 0) is 34.5 Å². The molecule has 72 heavy (non-hydrogen) atoms. The average Bonchev–Trinajstić information content (AvgIpc) is 3.91. The third-order valence-corrected chi connectivity index (χ3v) is 18.7. The highest BCUT2D eigenvalue weighted by Gasteiger charge is 2.44. The van der Waals surface area contributed by atoms with Gasteiger partial charge in [0.05, 0.1) is 11.4 Å². The molecule has 13 rings (SSSR count). The van der Waals surface area contributed by atoms with E-state index in [2.05, 4.69) is 224 Å². The Bertz CT molecular complexity index is 3550. The molecule has 0 radical (unpaired) electrons. The third-order valence-electron chi connectivity index (χ3n) is 18.7. The van der Waals surface area contributed by atoms with Gasteiger partial charge in [-0.15, -0.1) is 0 Å². The van der Waals surface area contributed by atoms with Gasteiger partial charge in [-0.2, -0.15) is 0 Å². The second-order valence-electron chi connectivity index (χ2n) is 25.1. The van der Waals surface area contributed by atoms with Gasteiger partial charge >= 0.3 is 6.85 Å². The molecule has 0 aromatic heterocycles. The summed E-state index contributed by atoms with van der Waals surface area (Å²) >= 11 is 0. The van der Waals surface area contributed by atoms with E-state index in [4.69, 9.17) is 0 Å². The number of aryl methyl sites for hydroxylation is 1. The topological polar surface area (TPSA) is 6.48 Å². The van der Waals surface area contributed by atoms with Crippen molar-refractivity contribution in [2.45, 2.75) is 122 Å². The van der Waals surface area contributed by atoms with Crippen molar-refractivity contribution in [1.82, 2.24) is 0 Å². The number of benzene rings is 7. The lowest BCUT2D eigenvalue weighted by molar-refractivity contribution is 0.331. The molecule has 2 heterocycles. The van der Waals surface area contributed by atoms with Crippen LogP contribution < -0.4 is 20.6 Å². The van der Waals surface area contributed by atoms with E-state index in [9.17, 15) is 0 Å². The zero-order valence-corrected chi connectivity index (χ0v) is 44.2. The van der Waals surface area contributed by atoms with Crippen LogP contribution in [0.3, 0.4) is 0 Å². The Morgan fingerprint density at radius 1 is 0.583 bits per heavy atom. The monoisotopic (exact) mass is 937 g/mol. The van der Waals surface area contributed by atoms with Gasteiger partial charge in [0.25, 0.3) is 0 Å². The first-order chi connectivity index (χ1) is 34.5. The first-order valence-corrected chi connectivity index (χ1v) is 27.0. The van der Waals surface area contributed by atoms with Gasteiger partial charge in [0.1, 0.15) is 0 Å². The van der Waals surface area contributed by atoms with Crippen LogP contribution in [0.1, 0.15) is 131 Å². The zero-order chi connectivity index (χ0) is 49.6. The number of nitrogens with zero attached hydrogens (tertiary/aromatic N) is 2. The van der Waals surface area contributed by atoms with Crippen LogP contribution in [0, 0.1) is 6.92 Å². The van der Waals surface area contributed by atoms with E-state index in [0.717, 1.165) is 25.9 Å². The Kier molecular flexibility index (Phi) is 10.0. The van der Waals surface area contributed by atoms with Crippen LogP contribution in [0.4, 0.5) is 11.4 Å². The first-order valence-electron chi connectivity index (χ1n) is 27.0. The highest BCUT2D eigenvalue weighted by Crippen LogP contribution is 2.53. The minimum absolute atomic E-state index is 0.0323. The van der Waals surface area contributed by atoms with Crippen LogP contribution >= 0.6 is 0 Å². The number of hydrogen-bond acceptors (Lipinski definition) is 2. The Morgan fingerprint density at radius 2 is 1.18 bits per heavy atom. The van der Waals surface area contributed by atoms with E-state index in [1.165, 1.54) is 148 Å². The molecule has 6 aliphatic rings. The van der Waals surface area contributed by atoms with Crippen LogP contribution in [0.5, 0.6) is 0 Å². The largest absolute Gasteiger partial charge is 0.401 e. The summed E-state index contributed by atoms with van der Waals surface area (Å²) in [5, 5.41) is 2.61. The highest BCUT2D eigenvalue weighted by molar-refractivity contribution is 6.91. The molecular weight excluding hydrogens is 868 g/mol. The molecule has 0 N–H and O–H groups in total. The molecule has 358 valence electrons. The molecule has 0 bridgehead atoms. The Morgan fingerprint density at radius 3 is 1.85 bits per heavy atom. The lowest BCUT2D eigenvalue weighted by Gasteiger charge is -2.42. The molecule has 0 spiro atoms. The van der Waals surface area contributed by atoms with E-state index >= 15 is 0 Å². The van der Waals surface area contributed by atoms with Gasteiger partial charge in [-0.05, 0) is 185 Å². The van der Waals surface area contributed by atoms with Gasteiger partial charge in [-0.25, -0.2) is 0 Å². The SMILES string of the molecule is C=CC1=C(CN2/C=C3\C(=C/CN4B(c5ccc(-c6ccccc6)cc5)c5c(ccc6ccccc56)-c5cc(C)cc2c54)Cc2cc4c(cc23)C(C)(C)CCC4(C)C)c2cc3c(cc2C1)C(C)(C)CCC3(C)C. The lowest BCUT2D eigenvalue weighted by atomic mass is 9.45. The van der Waals surface area contributed by atoms with Crippen molar-refractivity contribution in [2.75, 3.05) is 22.8 Å². The first kappa shape index (κ1) is 45.3. The highest BCUT2D eigenvalue weighted by atomic mass is 15.2. The molecule has 2 nitrogen and oxygen atoms in total. The average molecular weight is 937 g/mol. The van der Waals surface area contributed by atoms with Crippen LogP contribution in [-0.4, -0.2) is 19.9 Å². The fourth-order valence-electron chi connectivity index (χ4n) is 14.2. The number of rotatable bonds is 5. The van der Waals surface area contributed by atoms with Crippen molar-refractivity contribution in [1.29, 1.82) is 0 Å². The summed E-state index contributed by atoms with van der Waals surface area (Å²) in [6.07, 6.45) is 14.1. The fourth-order valence-corrected chi connectivity index (χ4v) is 14.2. The lowest BCUT2D eigenvalue weighted by Crippen LogP contribution is -2.60. The van der Waals surface area contributed by atoms with Gasteiger partial charge in [0, 0.05) is 30.4 Å². The predicted molar refractivity (Wildman–Crippen MR) is 310 cm³/mol. The molecule has 0 amide bonds. The van der Waals surface area contributed by atoms with Crippen LogP contribution in [0.25, 0.3) is 44.2 Å². The molecule has 0 atom stereocenters. The van der Waals surface area contributed by atoms with Gasteiger partial charge in [-0.3, -0.25) is 0 Å². The molecule has 0 saturated heterocycles. The minimum atomic E-state index is -0.0323. The zero-order valence-electron chi connectivity index (χ0n) is 44.2. The van der Waals surface area contributed by atoms with Crippen molar-refractivity contribution in [2.24, 2.45) is 0 Å². The van der Waals surface area contributed by atoms with E-state index in [1.54, 1.807) is 5.56 Å². The summed E-state index contributed by atoms with van der Waals surface area (Å²) in [7, 11) is 0. The number of allylic oxidation sites excluding steroid dienone is 4. The van der Waals surface area contributed by atoms with E-state index < -0.39 is 0 Å². The summed E-state index contributed by atoms with van der Waals surface area (Å²) in [4.78, 5) is 5.49. The number of anilines is 2. The minimum Gasteiger partial charge on any atom is -0.401 e. The maximum Gasteiger partial charge on any atom is 0.325 e. The number of hydrogen-bond donors (Lipinski definition) is 0. The van der Waals surface area contributed by atoms with Crippen molar-refractivity contribution in [3.8, 4) is 22.3 Å². The second-order valence-corrected chi connectivity index (χ2v) is 25.1. The molecule has 3 heteroatoms. The smallest absolute Gasteiger partial charge is 0.325 e. The predicted octanol–water partition coefficient (Wildman–Crippen LogP) is 15.6. The fraction of sp³-hybridized carbons (Fsp3) is 0.304. The van der Waals surface area contributed by atoms with E-state index in [1.807, 2.05) is 0 Å². The summed E-state index contributed by atoms with van der Waals surface area (Å²) in [6, 6.07) is 49.7. The third kappa shape index (κ3) is 6.96. The standard InChI is InChI=1S/C69H69BN2/c1-11-44-35-49-37-59-61(68(7,8)30-28-66(59,3)4)39-54(49)57(44)41-71-42-58-48(36-50-38-60-62(40-55(50)58)69(9,10)31-29-67(60,5)6)27-32-72-65-56(33-43(2)34-63(65)71)53-26-23-47-19-15-16-20-52(47)64(53)70(72)51-24-21-46(22-25-51)45-17-13-12-14-18-45/h11-27,33-34,37-40,42H,1,28-32,35-36,41H2,2-10H3/b48-27-,58-42+. The van der Waals surface area contributed by atoms with Gasteiger partial charge in [0.2, 0.25) is 0 Å². The quantitative estimate of drug-likeness (QED) is 0.159. The molecule has 7 aromatic carbocycles. The molecule has 2 aliphatic heterocycles. The Balaban J connectivity index is 1.07. The maximum atomic E-state index is 4.54.